The van der Waals surface area contributed by atoms with E-state index in [-0.39, 0.29) is 11.8 Å². The van der Waals surface area contributed by atoms with Crippen LogP contribution >= 0.6 is 0 Å². The number of nitrogens with one attached hydrogen (secondary N) is 1. The van der Waals surface area contributed by atoms with Gasteiger partial charge in [0.25, 0.3) is 0 Å². The van der Waals surface area contributed by atoms with Crippen LogP contribution in [0.1, 0.15) is 47.5 Å². The van der Waals surface area contributed by atoms with Crippen LogP contribution in [-0.4, -0.2) is 34.3 Å². The number of amides is 2. The topological polar surface area (TPSA) is 49.4 Å². The van der Waals surface area contributed by atoms with Crippen LogP contribution in [0.4, 0.5) is 0 Å². The Balaban J connectivity index is 2.32. The highest BCUT2D eigenvalue weighted by Crippen LogP contribution is 2.43. The first-order valence-corrected chi connectivity index (χ1v) is 6.97. The number of nitrogens with zero attached hydrogens (tertiary/aromatic N) is 1. The molecule has 1 heterocycles. The van der Waals surface area contributed by atoms with E-state index in [2.05, 4.69) is 5.32 Å². The number of allylic oxidation sites excluding steroid dienone is 1. The molecule has 2 aliphatic rings. The first-order valence-electron chi connectivity index (χ1n) is 6.97. The van der Waals surface area contributed by atoms with Crippen molar-refractivity contribution < 1.29 is 9.59 Å². The van der Waals surface area contributed by atoms with Gasteiger partial charge in [0, 0.05) is 6.54 Å². The highest BCUT2D eigenvalue weighted by atomic mass is 16.2. The number of carbonyl (C=O) groups excluding carboxylic acids is 2. The number of carbonyl (C=O) groups is 2. The van der Waals surface area contributed by atoms with E-state index in [9.17, 15) is 9.59 Å². The lowest BCUT2D eigenvalue weighted by molar-refractivity contribution is -0.160. The van der Waals surface area contributed by atoms with Gasteiger partial charge >= 0.3 is 0 Å². The van der Waals surface area contributed by atoms with Gasteiger partial charge in [-0.25, -0.2) is 0 Å². The molecule has 1 atom stereocenters. The number of rotatable bonds is 3. The fraction of sp³-hybridized carbons (Fsp3) is 0.733. The minimum atomic E-state index is -0.780. The highest BCUT2D eigenvalue weighted by Gasteiger charge is 2.57. The fourth-order valence-electron chi connectivity index (χ4n) is 2.62. The summed E-state index contributed by atoms with van der Waals surface area (Å²) in [6, 6.07) is 0. The van der Waals surface area contributed by atoms with Crippen LogP contribution in [0.25, 0.3) is 0 Å². The molecule has 1 aliphatic carbocycles. The molecule has 0 aromatic heterocycles. The second-order valence-electron chi connectivity index (χ2n) is 6.69. The third-order valence-corrected chi connectivity index (χ3v) is 4.37. The van der Waals surface area contributed by atoms with E-state index in [1.54, 1.807) is 4.90 Å². The third kappa shape index (κ3) is 2.28. The molecule has 0 bridgehead atoms. The second kappa shape index (κ2) is 4.36. The number of hydrogen-bond donors (Lipinski definition) is 1. The molecule has 4 nitrogen and oxygen atoms in total. The molecule has 2 amide bonds. The summed E-state index contributed by atoms with van der Waals surface area (Å²) >= 11 is 0. The minimum absolute atomic E-state index is 0.0522. The molecule has 0 aromatic rings. The fourth-order valence-corrected chi connectivity index (χ4v) is 2.62. The van der Waals surface area contributed by atoms with Gasteiger partial charge in [-0.3, -0.25) is 9.59 Å². The molecular weight excluding hydrogens is 240 g/mol. The summed E-state index contributed by atoms with van der Waals surface area (Å²) in [5, 5.41) is 2.96. The van der Waals surface area contributed by atoms with Gasteiger partial charge in [-0.05, 0) is 53.4 Å². The van der Waals surface area contributed by atoms with Gasteiger partial charge in [0.05, 0.1) is 0 Å². The lowest BCUT2D eigenvalue weighted by Crippen LogP contribution is -2.73. The van der Waals surface area contributed by atoms with Gasteiger partial charge in [-0.1, -0.05) is 11.6 Å². The average molecular weight is 264 g/mol. The van der Waals surface area contributed by atoms with Gasteiger partial charge in [0.1, 0.15) is 11.1 Å². The molecule has 1 saturated heterocycles. The van der Waals surface area contributed by atoms with Crippen molar-refractivity contribution in [2.45, 2.75) is 58.5 Å². The Kier molecular flexibility index (Phi) is 3.23. The lowest BCUT2D eigenvalue weighted by atomic mass is 9.85. The Hall–Kier alpha value is -1.32. The van der Waals surface area contributed by atoms with E-state index in [1.165, 1.54) is 0 Å². The van der Waals surface area contributed by atoms with E-state index < -0.39 is 11.1 Å². The smallest absolute Gasteiger partial charge is 0.249 e. The van der Waals surface area contributed by atoms with Crippen LogP contribution in [0.2, 0.25) is 0 Å². The monoisotopic (exact) mass is 264 g/mol. The molecule has 4 heteroatoms. The molecule has 0 spiro atoms. The Morgan fingerprint density at radius 3 is 2.37 bits per heavy atom. The number of hydrogen-bond acceptors (Lipinski definition) is 2. The van der Waals surface area contributed by atoms with Crippen molar-refractivity contribution in [1.82, 2.24) is 10.2 Å². The van der Waals surface area contributed by atoms with Crippen molar-refractivity contribution >= 4 is 11.8 Å². The maximum atomic E-state index is 12.8. The van der Waals surface area contributed by atoms with Crippen LogP contribution in [-0.2, 0) is 9.59 Å². The highest BCUT2D eigenvalue weighted by molar-refractivity contribution is 6.02. The summed E-state index contributed by atoms with van der Waals surface area (Å²) in [4.78, 5) is 26.8. The van der Waals surface area contributed by atoms with Crippen LogP contribution in [0.15, 0.2) is 11.6 Å². The SMILES string of the molecule is CC(C)=CCN1C(=O)C(C)(C2CC2)NC(=O)C1(C)C. The molecule has 1 saturated carbocycles. The van der Waals surface area contributed by atoms with Crippen molar-refractivity contribution in [3.63, 3.8) is 0 Å². The zero-order chi connectivity index (χ0) is 14.4. The van der Waals surface area contributed by atoms with Crippen LogP contribution < -0.4 is 5.32 Å². The van der Waals surface area contributed by atoms with Crippen molar-refractivity contribution in [2.24, 2.45) is 5.92 Å². The molecule has 19 heavy (non-hydrogen) atoms. The molecule has 2 rings (SSSR count). The van der Waals surface area contributed by atoms with E-state index in [0.29, 0.717) is 12.5 Å². The van der Waals surface area contributed by atoms with Crippen LogP contribution in [0, 0.1) is 5.92 Å². The molecule has 1 aliphatic heterocycles. The summed E-state index contributed by atoms with van der Waals surface area (Å²) in [6.45, 7) is 10.00. The summed E-state index contributed by atoms with van der Waals surface area (Å²) < 4.78 is 0. The van der Waals surface area contributed by atoms with Crippen LogP contribution in [0.3, 0.4) is 0 Å². The second-order valence-corrected chi connectivity index (χ2v) is 6.69. The van der Waals surface area contributed by atoms with E-state index in [4.69, 9.17) is 0 Å². The summed E-state index contributed by atoms with van der Waals surface area (Å²) in [5.41, 5.74) is -0.331. The molecule has 0 radical (unpaired) electrons. The predicted octanol–water partition coefficient (Wildman–Crippen LogP) is 1.86. The lowest BCUT2D eigenvalue weighted by Gasteiger charge is -2.48. The zero-order valence-corrected chi connectivity index (χ0v) is 12.5. The standard InChI is InChI=1S/C15H24N2O2/c1-10(2)8-9-17-13(19)15(5,11-6-7-11)16-12(18)14(17,3)4/h8,11H,6-7,9H2,1-5H3,(H,16,18). The van der Waals surface area contributed by atoms with Gasteiger partial charge in [-0.2, -0.15) is 0 Å². The largest absolute Gasteiger partial charge is 0.340 e. The summed E-state index contributed by atoms with van der Waals surface area (Å²) in [7, 11) is 0. The van der Waals surface area contributed by atoms with E-state index in [1.807, 2.05) is 40.7 Å². The van der Waals surface area contributed by atoms with Crippen molar-refractivity contribution in [3.8, 4) is 0 Å². The molecule has 2 fully saturated rings. The Morgan fingerprint density at radius 2 is 1.89 bits per heavy atom. The normalized spacial score (nSPS) is 30.1. The van der Waals surface area contributed by atoms with Gasteiger partial charge in [0.15, 0.2) is 0 Å². The van der Waals surface area contributed by atoms with Crippen molar-refractivity contribution in [3.05, 3.63) is 11.6 Å². The van der Waals surface area contributed by atoms with Crippen molar-refractivity contribution in [2.75, 3.05) is 6.54 Å². The maximum Gasteiger partial charge on any atom is 0.249 e. The Labute approximate surface area is 115 Å². The number of piperazine rings is 1. The molecular formula is C15H24N2O2. The maximum absolute atomic E-state index is 12.8. The Morgan fingerprint density at radius 1 is 1.32 bits per heavy atom. The third-order valence-electron chi connectivity index (χ3n) is 4.37. The first kappa shape index (κ1) is 14.1. The summed E-state index contributed by atoms with van der Waals surface area (Å²) in [5.74, 6) is 0.301. The van der Waals surface area contributed by atoms with Gasteiger partial charge in [0.2, 0.25) is 11.8 Å². The molecule has 1 unspecified atom stereocenters. The van der Waals surface area contributed by atoms with Gasteiger partial charge in [-0.15, -0.1) is 0 Å². The van der Waals surface area contributed by atoms with E-state index >= 15 is 0 Å². The molecule has 0 aromatic carbocycles. The quantitative estimate of drug-likeness (QED) is 0.791. The molecule has 106 valence electrons. The van der Waals surface area contributed by atoms with Crippen molar-refractivity contribution in [1.29, 1.82) is 0 Å². The zero-order valence-electron chi connectivity index (χ0n) is 12.5. The predicted molar refractivity (Wildman–Crippen MR) is 74.5 cm³/mol. The minimum Gasteiger partial charge on any atom is -0.340 e. The van der Waals surface area contributed by atoms with Gasteiger partial charge < -0.3 is 10.2 Å². The van der Waals surface area contributed by atoms with Crippen LogP contribution in [0.5, 0.6) is 0 Å². The molecule has 1 N–H and O–H groups in total. The first-order chi connectivity index (χ1) is 8.69. The van der Waals surface area contributed by atoms with E-state index in [0.717, 1.165) is 18.4 Å². The average Bonchev–Trinajstić information content (AvgIpc) is 3.10. The summed E-state index contributed by atoms with van der Waals surface area (Å²) in [6.07, 6.45) is 4.06. The Bertz CT molecular complexity index is 445.